The fourth-order valence-electron chi connectivity index (χ4n) is 0.748. The summed E-state index contributed by atoms with van der Waals surface area (Å²) >= 11 is 1.25. The van der Waals surface area contributed by atoms with Gasteiger partial charge >= 0.3 is 0 Å². The Morgan fingerprint density at radius 3 is 3.15 bits per heavy atom. The summed E-state index contributed by atoms with van der Waals surface area (Å²) in [6, 6.07) is 0. The Labute approximate surface area is 80.1 Å². The van der Waals surface area contributed by atoms with Crippen molar-refractivity contribution in [2.45, 2.75) is 12.8 Å². The molecule has 0 radical (unpaired) electrons. The van der Waals surface area contributed by atoms with Crippen LogP contribution in [0.3, 0.4) is 0 Å². The number of nitrogens with two attached hydrogens (primary N) is 1. The minimum atomic E-state index is 0.113. The van der Waals surface area contributed by atoms with Crippen LogP contribution in [0.1, 0.15) is 12.3 Å². The first-order chi connectivity index (χ1) is 6.33. The fourth-order valence-corrected chi connectivity index (χ4v) is 1.51. The first-order valence-corrected chi connectivity index (χ1v) is 4.92. The highest BCUT2D eigenvalue weighted by Crippen LogP contribution is 2.07. The minimum absolute atomic E-state index is 0.113. The molecule has 2 N–H and O–H groups in total. The molecule has 0 saturated carbocycles. The monoisotopic (exact) mass is 201 g/mol. The number of carbonyl (C=O) groups is 1. The first kappa shape index (κ1) is 10.2. The molecule has 0 aliphatic carbocycles. The average molecular weight is 201 g/mol. The lowest BCUT2D eigenvalue weighted by atomic mass is 10.5. The maximum absolute atomic E-state index is 11.0. The molecule has 0 atom stereocenters. The van der Waals surface area contributed by atoms with E-state index < -0.39 is 0 Å². The van der Waals surface area contributed by atoms with Gasteiger partial charge in [0.15, 0.2) is 11.4 Å². The molecule has 0 fully saturated rings. The van der Waals surface area contributed by atoms with Gasteiger partial charge in [0.1, 0.15) is 0 Å². The standard InChI is InChI=1S/C7H11N3O2S/c8-3-1-7(11)13-4-2-6-9-5-10-12-6/h5H,1-4,8H2. The van der Waals surface area contributed by atoms with Gasteiger partial charge in [-0.1, -0.05) is 16.9 Å². The van der Waals surface area contributed by atoms with E-state index >= 15 is 0 Å². The molecule has 13 heavy (non-hydrogen) atoms. The van der Waals surface area contributed by atoms with Crippen molar-refractivity contribution in [3.63, 3.8) is 0 Å². The van der Waals surface area contributed by atoms with Gasteiger partial charge in [-0.05, 0) is 0 Å². The molecule has 1 heterocycles. The zero-order valence-electron chi connectivity index (χ0n) is 7.10. The summed E-state index contributed by atoms with van der Waals surface area (Å²) in [5.74, 6) is 1.23. The summed E-state index contributed by atoms with van der Waals surface area (Å²) in [6.07, 6.45) is 2.40. The third-order valence-corrected chi connectivity index (χ3v) is 2.27. The van der Waals surface area contributed by atoms with E-state index in [1.54, 1.807) is 0 Å². The maximum Gasteiger partial charge on any atom is 0.227 e. The quantitative estimate of drug-likeness (QED) is 0.733. The van der Waals surface area contributed by atoms with Gasteiger partial charge < -0.3 is 10.3 Å². The molecule has 0 aliphatic rings. The molecule has 0 amide bonds. The highest BCUT2D eigenvalue weighted by atomic mass is 32.2. The van der Waals surface area contributed by atoms with Gasteiger partial charge in [-0.25, -0.2) is 0 Å². The summed E-state index contributed by atoms with van der Waals surface area (Å²) in [5, 5.41) is 3.57. The van der Waals surface area contributed by atoms with E-state index in [-0.39, 0.29) is 5.12 Å². The van der Waals surface area contributed by atoms with Crippen molar-refractivity contribution in [1.29, 1.82) is 0 Å². The summed E-state index contributed by atoms with van der Waals surface area (Å²) in [7, 11) is 0. The third-order valence-electron chi connectivity index (χ3n) is 1.33. The smallest absolute Gasteiger partial charge is 0.227 e. The third kappa shape index (κ3) is 4.05. The number of nitrogens with zero attached hydrogens (tertiary/aromatic N) is 2. The molecule has 6 heteroatoms. The molecule has 72 valence electrons. The van der Waals surface area contributed by atoms with Crippen molar-refractivity contribution in [2.24, 2.45) is 5.73 Å². The Kier molecular flexibility index (Phi) is 4.48. The molecular formula is C7H11N3O2S. The molecule has 5 nitrogen and oxygen atoms in total. The van der Waals surface area contributed by atoms with Crippen molar-refractivity contribution in [3.8, 4) is 0 Å². The van der Waals surface area contributed by atoms with Gasteiger partial charge in [-0.15, -0.1) is 0 Å². The van der Waals surface area contributed by atoms with Crippen LogP contribution in [0.15, 0.2) is 10.9 Å². The molecule has 0 saturated heterocycles. The number of hydrogen-bond acceptors (Lipinski definition) is 6. The molecule has 1 rings (SSSR count). The predicted molar refractivity (Wildman–Crippen MR) is 49.1 cm³/mol. The van der Waals surface area contributed by atoms with E-state index in [1.165, 1.54) is 18.1 Å². The van der Waals surface area contributed by atoms with Crippen molar-refractivity contribution in [1.82, 2.24) is 10.1 Å². The fraction of sp³-hybridized carbons (Fsp3) is 0.571. The number of rotatable bonds is 5. The number of carbonyl (C=O) groups excluding carboxylic acids is 1. The van der Waals surface area contributed by atoms with Crippen LogP contribution >= 0.6 is 11.8 Å². The molecular weight excluding hydrogens is 190 g/mol. The SMILES string of the molecule is NCCC(=O)SCCc1ncno1. The molecule has 1 aromatic heterocycles. The van der Waals surface area contributed by atoms with Crippen LogP contribution in [-0.4, -0.2) is 27.6 Å². The normalized spacial score (nSPS) is 10.2. The van der Waals surface area contributed by atoms with Gasteiger partial charge in [0.05, 0.1) is 0 Å². The highest BCUT2D eigenvalue weighted by molar-refractivity contribution is 8.13. The molecule has 0 bridgehead atoms. The van der Waals surface area contributed by atoms with Crippen molar-refractivity contribution in [3.05, 3.63) is 12.2 Å². The lowest BCUT2D eigenvalue weighted by Gasteiger charge is -1.95. The van der Waals surface area contributed by atoms with Gasteiger partial charge in [-0.3, -0.25) is 4.79 Å². The van der Waals surface area contributed by atoms with Crippen LogP contribution in [0, 0.1) is 0 Å². The van der Waals surface area contributed by atoms with Gasteiger partial charge in [-0.2, -0.15) is 4.98 Å². The van der Waals surface area contributed by atoms with Crippen LogP contribution in [0.4, 0.5) is 0 Å². The zero-order valence-corrected chi connectivity index (χ0v) is 7.92. The van der Waals surface area contributed by atoms with Crippen LogP contribution in [0.5, 0.6) is 0 Å². The topological polar surface area (TPSA) is 82.0 Å². The van der Waals surface area contributed by atoms with Gasteiger partial charge in [0.2, 0.25) is 5.89 Å². The van der Waals surface area contributed by atoms with Crippen LogP contribution < -0.4 is 5.73 Å². The van der Waals surface area contributed by atoms with E-state index in [9.17, 15) is 4.79 Å². The molecule has 0 spiro atoms. The number of aromatic nitrogens is 2. The molecule has 0 aromatic carbocycles. The Morgan fingerprint density at radius 1 is 1.69 bits per heavy atom. The number of aryl methyl sites for hydroxylation is 1. The summed E-state index contributed by atoms with van der Waals surface area (Å²) in [6.45, 7) is 0.409. The maximum atomic E-state index is 11.0. The van der Waals surface area contributed by atoms with Gasteiger partial charge in [0.25, 0.3) is 0 Å². The zero-order chi connectivity index (χ0) is 9.52. The van der Waals surface area contributed by atoms with E-state index in [0.717, 1.165) is 0 Å². The van der Waals surface area contributed by atoms with Crippen molar-refractivity contribution in [2.75, 3.05) is 12.3 Å². The first-order valence-electron chi connectivity index (χ1n) is 3.94. The van der Waals surface area contributed by atoms with Gasteiger partial charge in [0, 0.05) is 25.1 Å². The second-order valence-electron chi connectivity index (χ2n) is 2.34. The highest BCUT2D eigenvalue weighted by Gasteiger charge is 2.03. The van der Waals surface area contributed by atoms with Crippen molar-refractivity contribution < 1.29 is 9.32 Å². The Morgan fingerprint density at radius 2 is 2.54 bits per heavy atom. The minimum Gasteiger partial charge on any atom is -0.340 e. The second-order valence-corrected chi connectivity index (χ2v) is 3.50. The second kappa shape index (κ2) is 5.71. The molecule has 0 unspecified atom stereocenters. The predicted octanol–water partition coefficient (Wildman–Crippen LogP) is 0.221. The lowest BCUT2D eigenvalue weighted by molar-refractivity contribution is -0.110. The summed E-state index contributed by atoms with van der Waals surface area (Å²) < 4.78 is 4.76. The van der Waals surface area contributed by atoms with E-state index in [2.05, 4.69) is 10.1 Å². The molecule has 1 aromatic rings. The Balaban J connectivity index is 2.11. The van der Waals surface area contributed by atoms with Crippen LogP contribution in [0.2, 0.25) is 0 Å². The lowest BCUT2D eigenvalue weighted by Crippen LogP contribution is -2.05. The number of thioether (sulfide) groups is 1. The summed E-state index contributed by atoms with van der Waals surface area (Å²) in [5.41, 5.74) is 5.22. The van der Waals surface area contributed by atoms with Crippen molar-refractivity contribution >= 4 is 16.9 Å². The van der Waals surface area contributed by atoms with E-state index in [1.807, 2.05) is 0 Å². The Bertz CT molecular complexity index is 250. The molecule has 0 aliphatic heterocycles. The summed E-state index contributed by atoms with van der Waals surface area (Å²) in [4.78, 5) is 14.8. The Hall–Kier alpha value is -0.880. The average Bonchev–Trinajstić information content (AvgIpc) is 2.57. The van der Waals surface area contributed by atoms with Crippen LogP contribution in [0.25, 0.3) is 0 Å². The number of hydrogen-bond donors (Lipinski definition) is 1. The van der Waals surface area contributed by atoms with E-state index in [4.69, 9.17) is 10.3 Å². The largest absolute Gasteiger partial charge is 0.340 e. The van der Waals surface area contributed by atoms with Crippen LogP contribution in [-0.2, 0) is 11.2 Å². The van der Waals surface area contributed by atoms with E-state index in [0.29, 0.717) is 31.0 Å².